The molecular weight excluding hydrogens is 166 g/mol. The van der Waals surface area contributed by atoms with Crippen LogP contribution in [0.25, 0.3) is 11.1 Å². The molecule has 4 nitrogen and oxygen atoms in total. The molecule has 0 saturated heterocycles. The highest BCUT2D eigenvalue weighted by Crippen LogP contribution is 2.22. The van der Waals surface area contributed by atoms with Gasteiger partial charge in [0.1, 0.15) is 5.52 Å². The van der Waals surface area contributed by atoms with Gasteiger partial charge in [0.25, 0.3) is 0 Å². The zero-order chi connectivity index (χ0) is 9.26. The molecule has 0 aliphatic heterocycles. The predicted molar refractivity (Wildman–Crippen MR) is 49.0 cm³/mol. The summed E-state index contributed by atoms with van der Waals surface area (Å²) >= 11 is 0. The first-order chi connectivity index (χ1) is 6.33. The molecule has 0 aliphatic carbocycles. The van der Waals surface area contributed by atoms with Crippen LogP contribution in [0.5, 0.6) is 0 Å². The van der Waals surface area contributed by atoms with E-state index in [1.807, 2.05) is 13.0 Å². The van der Waals surface area contributed by atoms with Gasteiger partial charge in [0.2, 0.25) is 0 Å². The van der Waals surface area contributed by atoms with Gasteiger partial charge in [0, 0.05) is 17.8 Å². The molecule has 0 spiro atoms. The summed E-state index contributed by atoms with van der Waals surface area (Å²) in [5.41, 5.74) is 8.35. The monoisotopic (exact) mass is 177 g/mol. The van der Waals surface area contributed by atoms with Crippen LogP contribution >= 0.6 is 0 Å². The molecule has 0 saturated carbocycles. The van der Waals surface area contributed by atoms with Gasteiger partial charge in [-0.05, 0) is 12.5 Å². The summed E-state index contributed by atoms with van der Waals surface area (Å²) < 4.78 is 5.08. The van der Waals surface area contributed by atoms with Gasteiger partial charge < -0.3 is 10.3 Å². The SMILES string of the molecule is CCC(N)c1ccnc2cnoc12. The van der Waals surface area contributed by atoms with Crippen LogP contribution in [-0.4, -0.2) is 10.1 Å². The van der Waals surface area contributed by atoms with Crippen molar-refractivity contribution in [1.82, 2.24) is 10.1 Å². The van der Waals surface area contributed by atoms with Gasteiger partial charge in [0.15, 0.2) is 5.58 Å². The maximum Gasteiger partial charge on any atom is 0.190 e. The molecule has 2 rings (SSSR count). The van der Waals surface area contributed by atoms with E-state index in [2.05, 4.69) is 10.1 Å². The van der Waals surface area contributed by atoms with Gasteiger partial charge in [-0.15, -0.1) is 0 Å². The van der Waals surface area contributed by atoms with Crippen molar-refractivity contribution in [2.24, 2.45) is 5.73 Å². The van der Waals surface area contributed by atoms with E-state index in [0.29, 0.717) is 5.58 Å². The van der Waals surface area contributed by atoms with Crippen molar-refractivity contribution in [3.8, 4) is 0 Å². The number of hydrogen-bond acceptors (Lipinski definition) is 4. The zero-order valence-electron chi connectivity index (χ0n) is 7.40. The smallest absolute Gasteiger partial charge is 0.190 e. The first-order valence-corrected chi connectivity index (χ1v) is 4.27. The molecule has 0 fully saturated rings. The maximum atomic E-state index is 5.90. The van der Waals surface area contributed by atoms with Gasteiger partial charge in [0.05, 0.1) is 6.20 Å². The Labute approximate surface area is 75.7 Å². The average molecular weight is 177 g/mol. The Hall–Kier alpha value is -1.42. The summed E-state index contributed by atoms with van der Waals surface area (Å²) in [6.45, 7) is 2.04. The lowest BCUT2D eigenvalue weighted by molar-refractivity contribution is 0.451. The minimum absolute atomic E-state index is 0.00144. The van der Waals surface area contributed by atoms with Crippen LogP contribution in [0.4, 0.5) is 0 Å². The van der Waals surface area contributed by atoms with Crippen LogP contribution in [0, 0.1) is 0 Å². The van der Waals surface area contributed by atoms with E-state index in [4.69, 9.17) is 10.3 Å². The number of rotatable bonds is 2. The van der Waals surface area contributed by atoms with Gasteiger partial charge in [-0.1, -0.05) is 12.1 Å². The molecule has 0 amide bonds. The molecule has 4 heteroatoms. The summed E-state index contributed by atoms with van der Waals surface area (Å²) in [6.07, 6.45) is 4.20. The highest BCUT2D eigenvalue weighted by atomic mass is 16.5. The molecular formula is C9H11N3O. The van der Waals surface area contributed by atoms with Crippen molar-refractivity contribution < 1.29 is 4.52 Å². The summed E-state index contributed by atoms with van der Waals surface area (Å²) in [6, 6.07) is 1.88. The number of nitrogens with zero attached hydrogens (tertiary/aromatic N) is 2. The summed E-state index contributed by atoms with van der Waals surface area (Å²) in [5.74, 6) is 0. The molecule has 0 aliphatic rings. The third-order valence-corrected chi connectivity index (χ3v) is 2.12. The highest BCUT2D eigenvalue weighted by molar-refractivity contribution is 5.74. The normalized spacial score (nSPS) is 13.4. The topological polar surface area (TPSA) is 64.9 Å². The van der Waals surface area contributed by atoms with Gasteiger partial charge in [-0.3, -0.25) is 4.98 Å². The largest absolute Gasteiger partial charge is 0.354 e. The quantitative estimate of drug-likeness (QED) is 0.757. The van der Waals surface area contributed by atoms with Crippen LogP contribution in [0.3, 0.4) is 0 Å². The lowest BCUT2D eigenvalue weighted by atomic mass is 10.1. The molecule has 13 heavy (non-hydrogen) atoms. The number of nitrogens with two attached hydrogens (primary N) is 1. The Bertz CT molecular complexity index is 410. The predicted octanol–water partition coefficient (Wildman–Crippen LogP) is 1.63. The number of fused-ring (bicyclic) bond motifs is 1. The summed E-state index contributed by atoms with van der Waals surface area (Å²) in [4.78, 5) is 4.11. The van der Waals surface area contributed by atoms with E-state index in [0.717, 1.165) is 17.5 Å². The van der Waals surface area contributed by atoms with E-state index in [-0.39, 0.29) is 6.04 Å². The first kappa shape index (κ1) is 8.19. The van der Waals surface area contributed by atoms with E-state index in [1.54, 1.807) is 12.4 Å². The molecule has 2 heterocycles. The first-order valence-electron chi connectivity index (χ1n) is 4.27. The molecule has 1 unspecified atom stereocenters. The molecule has 0 bridgehead atoms. The summed E-state index contributed by atoms with van der Waals surface area (Å²) in [7, 11) is 0. The number of pyridine rings is 1. The van der Waals surface area contributed by atoms with Crippen molar-refractivity contribution in [2.75, 3.05) is 0 Å². The second-order valence-electron chi connectivity index (χ2n) is 2.96. The van der Waals surface area contributed by atoms with Gasteiger partial charge in [-0.2, -0.15) is 0 Å². The fourth-order valence-corrected chi connectivity index (χ4v) is 1.31. The van der Waals surface area contributed by atoms with E-state index in [9.17, 15) is 0 Å². The van der Waals surface area contributed by atoms with E-state index < -0.39 is 0 Å². The molecule has 68 valence electrons. The molecule has 2 N–H and O–H groups in total. The van der Waals surface area contributed by atoms with Crippen LogP contribution in [-0.2, 0) is 0 Å². The fourth-order valence-electron chi connectivity index (χ4n) is 1.31. The van der Waals surface area contributed by atoms with Crippen LogP contribution in [0.1, 0.15) is 24.9 Å². The maximum absolute atomic E-state index is 5.90. The molecule has 0 radical (unpaired) electrons. The minimum Gasteiger partial charge on any atom is -0.354 e. The molecule has 2 aromatic rings. The second-order valence-corrected chi connectivity index (χ2v) is 2.96. The van der Waals surface area contributed by atoms with E-state index >= 15 is 0 Å². The highest BCUT2D eigenvalue weighted by Gasteiger charge is 2.11. The van der Waals surface area contributed by atoms with Crippen molar-refractivity contribution in [2.45, 2.75) is 19.4 Å². The lowest BCUT2D eigenvalue weighted by Crippen LogP contribution is -2.08. The Morgan fingerprint density at radius 1 is 1.62 bits per heavy atom. The average Bonchev–Trinajstić information content (AvgIpc) is 2.63. The Morgan fingerprint density at radius 3 is 3.23 bits per heavy atom. The Kier molecular flexibility index (Phi) is 1.98. The van der Waals surface area contributed by atoms with Gasteiger partial charge >= 0.3 is 0 Å². The molecule has 0 aromatic carbocycles. The second kappa shape index (κ2) is 3.14. The lowest BCUT2D eigenvalue weighted by Gasteiger charge is -2.07. The molecule has 2 aromatic heterocycles. The summed E-state index contributed by atoms with van der Waals surface area (Å²) in [5, 5.41) is 3.69. The van der Waals surface area contributed by atoms with E-state index in [1.165, 1.54) is 0 Å². The Morgan fingerprint density at radius 2 is 2.46 bits per heavy atom. The van der Waals surface area contributed by atoms with Crippen molar-refractivity contribution in [3.05, 3.63) is 24.0 Å². The van der Waals surface area contributed by atoms with Crippen molar-refractivity contribution in [1.29, 1.82) is 0 Å². The van der Waals surface area contributed by atoms with Crippen LogP contribution < -0.4 is 5.73 Å². The zero-order valence-corrected chi connectivity index (χ0v) is 7.40. The molecule has 1 atom stereocenters. The van der Waals surface area contributed by atoms with Crippen molar-refractivity contribution in [3.63, 3.8) is 0 Å². The number of aromatic nitrogens is 2. The Balaban J connectivity index is 2.60. The van der Waals surface area contributed by atoms with Crippen LogP contribution in [0.15, 0.2) is 23.0 Å². The van der Waals surface area contributed by atoms with Gasteiger partial charge in [-0.25, -0.2) is 0 Å². The standard InChI is InChI=1S/C9H11N3O/c1-2-7(10)6-3-4-11-8-5-12-13-9(6)8/h3-5,7H,2,10H2,1H3. The number of hydrogen-bond donors (Lipinski definition) is 1. The van der Waals surface area contributed by atoms with Crippen LogP contribution in [0.2, 0.25) is 0 Å². The third-order valence-electron chi connectivity index (χ3n) is 2.12. The minimum atomic E-state index is -0.00144. The third kappa shape index (κ3) is 1.29. The fraction of sp³-hybridized carbons (Fsp3) is 0.333. The van der Waals surface area contributed by atoms with Crippen molar-refractivity contribution >= 4 is 11.1 Å².